The second-order valence-corrected chi connectivity index (χ2v) is 14.9. The van der Waals surface area contributed by atoms with Crippen LogP contribution in [0.2, 0.25) is 10.0 Å². The summed E-state index contributed by atoms with van der Waals surface area (Å²) in [4.78, 5) is 0. The van der Waals surface area contributed by atoms with Crippen molar-refractivity contribution in [2.75, 3.05) is 0 Å². The Labute approximate surface area is 349 Å². The zero-order valence-corrected chi connectivity index (χ0v) is 36.3. The van der Waals surface area contributed by atoms with Gasteiger partial charge in [-0.05, 0) is 17.4 Å². The summed E-state index contributed by atoms with van der Waals surface area (Å²) < 4.78 is 3.34. The Kier molecular flexibility index (Phi) is 18.5. The van der Waals surface area contributed by atoms with Crippen molar-refractivity contribution in [2.24, 2.45) is 0 Å². The van der Waals surface area contributed by atoms with Gasteiger partial charge >= 0.3 is 28.4 Å². The Morgan fingerprint density at radius 3 is 1.62 bits per heavy atom. The van der Waals surface area contributed by atoms with Gasteiger partial charge in [0.05, 0.1) is 0 Å². The van der Waals surface area contributed by atoms with Crippen LogP contribution in [0.3, 0.4) is 0 Å². The molecule has 0 heterocycles. The van der Waals surface area contributed by atoms with Crippen molar-refractivity contribution in [1.82, 2.24) is 0 Å². The van der Waals surface area contributed by atoms with Crippen molar-refractivity contribution < 1.29 is 24.2 Å². The quantitative estimate of drug-likeness (QED) is 0.133. The zero-order chi connectivity index (χ0) is 36.3. The minimum atomic E-state index is 0. The van der Waals surface area contributed by atoms with Crippen molar-refractivity contribution in [1.29, 1.82) is 0 Å². The van der Waals surface area contributed by atoms with Crippen LogP contribution in [0.5, 0.6) is 0 Å². The fraction of sp³-hybridized carbons (Fsp3) is 0.213. The molecule has 0 aromatic heterocycles. The van der Waals surface area contributed by atoms with Crippen LogP contribution in [0.1, 0.15) is 70.2 Å². The molecule has 0 saturated carbocycles. The molecule has 270 valence electrons. The summed E-state index contributed by atoms with van der Waals surface area (Å²) in [7, 11) is 0. The molecule has 0 saturated heterocycles. The molecule has 0 radical (unpaired) electrons. The number of benzene rings is 6. The molecule has 0 nitrogen and oxygen atoms in total. The van der Waals surface area contributed by atoms with Crippen LogP contribution in [0.25, 0.3) is 32.7 Å². The van der Waals surface area contributed by atoms with Crippen LogP contribution in [-0.2, 0) is 41.5 Å². The molecule has 0 bridgehead atoms. The summed E-state index contributed by atoms with van der Waals surface area (Å²) in [5.74, 6) is 0. The van der Waals surface area contributed by atoms with Crippen LogP contribution in [-0.4, -0.2) is 4.21 Å². The number of rotatable bonds is 0. The zero-order valence-electron chi connectivity index (χ0n) is 30.7. The van der Waals surface area contributed by atoms with Gasteiger partial charge in [0.1, 0.15) is 0 Å². The fourth-order valence-corrected chi connectivity index (χ4v) is 6.03. The summed E-state index contributed by atoms with van der Waals surface area (Å²) >= 11 is 13.2. The van der Waals surface area contributed by atoms with E-state index >= 15 is 0 Å². The van der Waals surface area contributed by atoms with Crippen molar-refractivity contribution in [3.63, 3.8) is 0 Å². The van der Waals surface area contributed by atoms with Crippen LogP contribution < -0.4 is 0 Å². The monoisotopic (exact) mass is 840 g/mol. The first-order valence-electron chi connectivity index (χ1n) is 16.8. The van der Waals surface area contributed by atoms with Crippen LogP contribution in [0.15, 0.2) is 121 Å². The van der Waals surface area contributed by atoms with E-state index in [1.54, 1.807) is 0 Å². The second kappa shape index (κ2) is 21.2. The van der Waals surface area contributed by atoms with Gasteiger partial charge in [0, 0.05) is 10.0 Å². The molecule has 0 atom stereocenters. The summed E-state index contributed by atoms with van der Waals surface area (Å²) in [6, 6.07) is 44.6. The predicted octanol–water partition coefficient (Wildman–Crippen LogP) is 14.4. The van der Waals surface area contributed by atoms with Gasteiger partial charge in [0.25, 0.3) is 0 Å². The summed E-state index contributed by atoms with van der Waals surface area (Å²) in [5.41, 5.74) is 8.76. The average Bonchev–Trinajstić information content (AvgIpc) is 3.81. The van der Waals surface area contributed by atoms with Crippen LogP contribution in [0.4, 0.5) is 0 Å². The second-order valence-electron chi connectivity index (χ2n) is 14.1. The van der Waals surface area contributed by atoms with E-state index in [-0.39, 0.29) is 35.6 Å². The molecule has 0 spiro atoms. The van der Waals surface area contributed by atoms with Crippen molar-refractivity contribution in [2.45, 2.75) is 65.2 Å². The van der Waals surface area contributed by atoms with Gasteiger partial charge in [-0.25, -0.2) is 12.2 Å². The molecular formula is C47H46Cl4Zr-4. The first kappa shape index (κ1) is 45.4. The SMILES string of the molecule is CC(C)(C)c1c[c-]c2c(c1)-c1cc(C(C)(C)C)ccc1C2.Cl.Cl.Clc1cccc2[c-]cccc12.Clc1cccc2[c-]cccc12.[C-]1=CC=CC1.[CH2]=[Zr]. The molecule has 0 N–H and O–H groups in total. The van der Waals surface area contributed by atoms with Crippen molar-refractivity contribution >= 4 is 73.8 Å². The molecule has 0 unspecified atom stereocenters. The Hall–Kier alpha value is -2.77. The van der Waals surface area contributed by atoms with Gasteiger partial charge in [0.2, 0.25) is 0 Å². The molecule has 0 amide bonds. The summed E-state index contributed by atoms with van der Waals surface area (Å²) in [6.07, 6.45) is 11.0. The number of allylic oxidation sites excluding steroid dienone is 4. The number of fused-ring (bicyclic) bond motifs is 5. The van der Waals surface area contributed by atoms with Crippen molar-refractivity contribution in [3.05, 3.63) is 178 Å². The van der Waals surface area contributed by atoms with E-state index in [4.69, 9.17) is 23.2 Å². The van der Waals surface area contributed by atoms with E-state index in [2.05, 4.69) is 106 Å². The molecule has 2 aliphatic rings. The van der Waals surface area contributed by atoms with Gasteiger partial charge in [-0.15, -0.1) is 120 Å². The van der Waals surface area contributed by atoms with E-state index in [1.165, 1.54) is 57.6 Å². The maximum absolute atomic E-state index is 5.94. The first-order chi connectivity index (χ1) is 23.9. The van der Waals surface area contributed by atoms with E-state index in [0.29, 0.717) is 0 Å². The molecule has 8 rings (SSSR count). The first-order valence-corrected chi connectivity index (χ1v) is 19.3. The molecule has 6 aromatic rings. The maximum atomic E-state index is 5.94. The fourth-order valence-electron chi connectivity index (χ4n) is 5.55. The molecule has 0 fully saturated rings. The third kappa shape index (κ3) is 12.4. The van der Waals surface area contributed by atoms with Gasteiger partial charge in [0.15, 0.2) is 0 Å². The minimum absolute atomic E-state index is 0. The summed E-state index contributed by atoms with van der Waals surface area (Å²) in [6.45, 7) is 13.6. The number of halogens is 4. The Morgan fingerprint density at radius 1 is 0.635 bits per heavy atom. The molecule has 52 heavy (non-hydrogen) atoms. The number of hydrogen-bond donors (Lipinski definition) is 0. The van der Waals surface area contributed by atoms with Gasteiger partial charge in [-0.3, -0.25) is 6.08 Å². The average molecular weight is 844 g/mol. The van der Waals surface area contributed by atoms with E-state index in [0.717, 1.165) is 44.4 Å². The Bertz CT molecular complexity index is 1940. The molecule has 0 aliphatic heterocycles. The van der Waals surface area contributed by atoms with Crippen LogP contribution in [0, 0.1) is 24.3 Å². The normalized spacial score (nSPS) is 11.8. The molecule has 6 aromatic carbocycles. The van der Waals surface area contributed by atoms with E-state index < -0.39 is 0 Å². The van der Waals surface area contributed by atoms with Gasteiger partial charge < -0.3 is 0 Å². The number of hydrogen-bond acceptors (Lipinski definition) is 0. The Morgan fingerprint density at radius 2 is 1.17 bits per heavy atom. The third-order valence-electron chi connectivity index (χ3n) is 8.41. The molecule has 5 heteroatoms. The Balaban J connectivity index is 0.000000257. The molecular weight excluding hydrogens is 798 g/mol. The van der Waals surface area contributed by atoms with Crippen LogP contribution >= 0.6 is 48.0 Å². The van der Waals surface area contributed by atoms with Crippen molar-refractivity contribution in [3.8, 4) is 11.1 Å². The topological polar surface area (TPSA) is 0 Å². The summed E-state index contributed by atoms with van der Waals surface area (Å²) in [5, 5.41) is 5.85. The molecule has 2 aliphatic carbocycles. The van der Waals surface area contributed by atoms with Gasteiger partial charge in [-0.2, -0.15) is 35.4 Å². The predicted molar refractivity (Wildman–Crippen MR) is 230 cm³/mol. The third-order valence-corrected chi connectivity index (χ3v) is 9.07. The van der Waals surface area contributed by atoms with E-state index in [9.17, 15) is 0 Å². The van der Waals surface area contributed by atoms with E-state index in [1.807, 2.05) is 84.9 Å². The van der Waals surface area contributed by atoms with Gasteiger partial charge in [-0.1, -0.05) is 122 Å². The standard InChI is InChI=1S/C21H25.2C10H6Cl.C5H5.CH2.2ClH.Zr/c1-20(2,3)16-9-7-14-11-15-8-10-17(21(4,5)6)13-19(15)18(14)12-16;2*11-10-7-3-5-8-4-1-2-6-9(8)10;1-2-4-5-3-1;;;;/h7,9-10,12-13H,11H2,1-6H3;2*1-3,5-7H;1-3H,4H2;1H2;2*1H;/q4*-1;;;;.